The Bertz CT molecular complexity index is 884. The molecular weight excluding hydrogens is 340 g/mol. The van der Waals surface area contributed by atoms with Crippen LogP contribution in [0.1, 0.15) is 12.8 Å². The molecule has 1 aliphatic carbocycles. The topological polar surface area (TPSA) is 42.0 Å². The molecule has 1 fully saturated rings. The second kappa shape index (κ2) is 6.38. The van der Waals surface area contributed by atoms with Gasteiger partial charge in [0.25, 0.3) is 0 Å². The number of carbonyl (C=O) groups excluding carboxylic acids is 1. The van der Waals surface area contributed by atoms with Crippen molar-refractivity contribution in [1.29, 1.82) is 0 Å². The zero-order valence-electron chi connectivity index (χ0n) is 12.8. The molecule has 120 valence electrons. The monoisotopic (exact) mass is 354 g/mol. The van der Waals surface area contributed by atoms with Gasteiger partial charge in [-0.3, -0.25) is 4.79 Å². The van der Waals surface area contributed by atoms with E-state index in [2.05, 4.69) is 5.32 Å². The average Bonchev–Trinajstić information content (AvgIpc) is 3.33. The van der Waals surface area contributed by atoms with Gasteiger partial charge in [0.1, 0.15) is 5.01 Å². The highest BCUT2D eigenvalue weighted by Crippen LogP contribution is 2.32. The Morgan fingerprint density at radius 3 is 2.67 bits per heavy atom. The fourth-order valence-corrected chi connectivity index (χ4v) is 3.43. The van der Waals surface area contributed by atoms with Crippen LogP contribution in [0.2, 0.25) is 5.02 Å². The van der Waals surface area contributed by atoms with Crippen molar-refractivity contribution < 1.29 is 4.79 Å². The number of rotatable bonds is 4. The molecule has 1 saturated carbocycles. The van der Waals surface area contributed by atoms with Crippen LogP contribution in [0.4, 0.5) is 5.69 Å². The molecule has 1 N–H and O–H groups in total. The number of benzene rings is 2. The van der Waals surface area contributed by atoms with E-state index in [0.717, 1.165) is 40.4 Å². The van der Waals surface area contributed by atoms with Gasteiger partial charge in [-0.25, -0.2) is 4.98 Å². The summed E-state index contributed by atoms with van der Waals surface area (Å²) in [6.07, 6.45) is 2.00. The van der Waals surface area contributed by atoms with Gasteiger partial charge in [-0.2, -0.15) is 0 Å². The first-order valence-corrected chi connectivity index (χ1v) is 9.07. The van der Waals surface area contributed by atoms with Crippen LogP contribution in [0.25, 0.3) is 21.8 Å². The highest BCUT2D eigenvalue weighted by molar-refractivity contribution is 7.13. The molecule has 3 aromatic rings. The van der Waals surface area contributed by atoms with Crippen LogP contribution < -0.4 is 5.32 Å². The van der Waals surface area contributed by atoms with E-state index < -0.39 is 0 Å². The third-order valence-electron chi connectivity index (χ3n) is 3.97. The molecule has 0 unspecified atom stereocenters. The van der Waals surface area contributed by atoms with Crippen molar-refractivity contribution >= 4 is 34.5 Å². The number of nitrogens with zero attached hydrogens (tertiary/aromatic N) is 1. The van der Waals surface area contributed by atoms with Gasteiger partial charge in [0.15, 0.2) is 0 Å². The summed E-state index contributed by atoms with van der Waals surface area (Å²) in [6, 6.07) is 15.5. The molecule has 1 aromatic heterocycles. The van der Waals surface area contributed by atoms with Crippen LogP contribution in [-0.4, -0.2) is 10.9 Å². The summed E-state index contributed by atoms with van der Waals surface area (Å²) in [6.45, 7) is 0. The molecule has 4 rings (SSSR count). The Hall–Kier alpha value is -2.17. The van der Waals surface area contributed by atoms with Gasteiger partial charge in [0.2, 0.25) is 5.91 Å². The van der Waals surface area contributed by atoms with Gasteiger partial charge in [0.05, 0.1) is 5.69 Å². The zero-order chi connectivity index (χ0) is 16.5. The lowest BCUT2D eigenvalue weighted by Gasteiger charge is -2.05. The van der Waals surface area contributed by atoms with Crippen LogP contribution in [0, 0.1) is 5.92 Å². The quantitative estimate of drug-likeness (QED) is 0.674. The second-order valence-corrected chi connectivity index (χ2v) is 7.18. The van der Waals surface area contributed by atoms with E-state index >= 15 is 0 Å². The first kappa shape index (κ1) is 15.4. The van der Waals surface area contributed by atoms with Gasteiger partial charge < -0.3 is 5.32 Å². The molecular formula is C19H15ClN2OS. The lowest BCUT2D eigenvalue weighted by Crippen LogP contribution is -2.13. The maximum absolute atomic E-state index is 11.9. The predicted molar refractivity (Wildman–Crippen MR) is 99.3 cm³/mol. The minimum Gasteiger partial charge on any atom is -0.326 e. The van der Waals surface area contributed by atoms with Crippen LogP contribution in [0.3, 0.4) is 0 Å². The molecule has 0 aliphatic heterocycles. The molecule has 1 aliphatic rings. The summed E-state index contributed by atoms with van der Waals surface area (Å²) in [5.74, 6) is 0.318. The molecule has 1 amide bonds. The van der Waals surface area contributed by atoms with E-state index in [1.165, 1.54) is 0 Å². The zero-order valence-corrected chi connectivity index (χ0v) is 14.4. The third-order valence-corrected chi connectivity index (χ3v) is 5.11. The Balaban J connectivity index is 1.57. The molecule has 0 spiro atoms. The highest BCUT2D eigenvalue weighted by Gasteiger charge is 2.29. The Kier molecular flexibility index (Phi) is 4.08. The van der Waals surface area contributed by atoms with Gasteiger partial charge >= 0.3 is 0 Å². The van der Waals surface area contributed by atoms with Crippen molar-refractivity contribution in [3.63, 3.8) is 0 Å². The van der Waals surface area contributed by atoms with E-state index in [0.29, 0.717) is 5.02 Å². The highest BCUT2D eigenvalue weighted by atomic mass is 35.5. The van der Waals surface area contributed by atoms with Crippen molar-refractivity contribution in [2.45, 2.75) is 12.8 Å². The second-order valence-electron chi connectivity index (χ2n) is 5.89. The van der Waals surface area contributed by atoms with Crippen molar-refractivity contribution in [2.24, 2.45) is 5.92 Å². The SMILES string of the molecule is O=C(Nc1cccc(-c2nc(-c3ccc(Cl)cc3)cs2)c1)C1CC1. The molecule has 1 heterocycles. The number of hydrogen-bond donors (Lipinski definition) is 1. The lowest BCUT2D eigenvalue weighted by atomic mass is 10.1. The fraction of sp³-hybridized carbons (Fsp3) is 0.158. The number of nitrogens with one attached hydrogen (secondary N) is 1. The minimum absolute atomic E-state index is 0.119. The summed E-state index contributed by atoms with van der Waals surface area (Å²) >= 11 is 7.52. The normalized spacial score (nSPS) is 13.7. The Morgan fingerprint density at radius 2 is 1.92 bits per heavy atom. The molecule has 0 bridgehead atoms. The van der Waals surface area contributed by atoms with E-state index in [4.69, 9.17) is 16.6 Å². The summed E-state index contributed by atoms with van der Waals surface area (Å²) in [5.41, 5.74) is 3.81. The molecule has 24 heavy (non-hydrogen) atoms. The van der Waals surface area contributed by atoms with E-state index in [9.17, 15) is 4.79 Å². The van der Waals surface area contributed by atoms with Crippen molar-refractivity contribution in [1.82, 2.24) is 4.98 Å². The van der Waals surface area contributed by atoms with E-state index in [1.54, 1.807) is 11.3 Å². The molecule has 5 heteroatoms. The van der Waals surface area contributed by atoms with Gasteiger partial charge in [-0.15, -0.1) is 11.3 Å². The van der Waals surface area contributed by atoms with Crippen molar-refractivity contribution in [3.8, 4) is 21.8 Å². The molecule has 3 nitrogen and oxygen atoms in total. The minimum atomic E-state index is 0.119. The standard InChI is InChI=1S/C19H15ClN2OS/c20-15-8-6-12(7-9-15)17-11-24-19(22-17)14-2-1-3-16(10-14)21-18(23)13-4-5-13/h1-3,6-11,13H,4-5H2,(H,21,23). The average molecular weight is 355 g/mol. The summed E-state index contributed by atoms with van der Waals surface area (Å²) in [7, 11) is 0. The number of aromatic nitrogens is 1. The number of anilines is 1. The number of halogens is 1. The van der Waals surface area contributed by atoms with Crippen LogP contribution in [-0.2, 0) is 4.79 Å². The Labute approximate surface area is 149 Å². The van der Waals surface area contributed by atoms with Gasteiger partial charge in [0, 0.05) is 33.1 Å². The maximum Gasteiger partial charge on any atom is 0.227 e. The van der Waals surface area contributed by atoms with E-state index in [1.807, 2.05) is 53.9 Å². The summed E-state index contributed by atoms with van der Waals surface area (Å²) in [5, 5.41) is 6.67. The molecule has 0 saturated heterocycles. The molecule has 0 atom stereocenters. The number of amides is 1. The Morgan fingerprint density at radius 1 is 1.12 bits per heavy atom. The largest absolute Gasteiger partial charge is 0.326 e. The van der Waals surface area contributed by atoms with Crippen LogP contribution >= 0.6 is 22.9 Å². The predicted octanol–water partition coefficient (Wildman–Crippen LogP) is 5.48. The molecule has 0 radical (unpaired) electrons. The van der Waals surface area contributed by atoms with Gasteiger partial charge in [-0.1, -0.05) is 35.9 Å². The maximum atomic E-state index is 11.9. The van der Waals surface area contributed by atoms with Crippen molar-refractivity contribution in [3.05, 3.63) is 58.9 Å². The summed E-state index contributed by atoms with van der Waals surface area (Å²) < 4.78 is 0. The van der Waals surface area contributed by atoms with Crippen molar-refractivity contribution in [2.75, 3.05) is 5.32 Å². The number of thiazole rings is 1. The van der Waals surface area contributed by atoms with E-state index in [-0.39, 0.29) is 11.8 Å². The molecule has 2 aromatic carbocycles. The smallest absolute Gasteiger partial charge is 0.227 e. The lowest BCUT2D eigenvalue weighted by molar-refractivity contribution is -0.117. The summed E-state index contributed by atoms with van der Waals surface area (Å²) in [4.78, 5) is 16.6. The number of carbonyl (C=O) groups is 1. The van der Waals surface area contributed by atoms with Gasteiger partial charge in [-0.05, 0) is 37.1 Å². The first-order chi connectivity index (χ1) is 11.7. The number of hydrogen-bond acceptors (Lipinski definition) is 3. The first-order valence-electron chi connectivity index (χ1n) is 7.82. The third kappa shape index (κ3) is 3.35. The van der Waals surface area contributed by atoms with Crippen LogP contribution in [0.5, 0.6) is 0 Å². The fourth-order valence-electron chi connectivity index (χ4n) is 2.48. The van der Waals surface area contributed by atoms with Crippen LogP contribution in [0.15, 0.2) is 53.9 Å².